The Hall–Kier alpha value is -0.720. The van der Waals surface area contributed by atoms with Gasteiger partial charge in [-0.3, -0.25) is 0 Å². The second kappa shape index (κ2) is 7.70. The molecule has 0 N–H and O–H groups in total. The van der Waals surface area contributed by atoms with E-state index >= 15 is 0 Å². The van der Waals surface area contributed by atoms with Crippen LogP contribution in [0.15, 0.2) is 62.7 Å². The zero-order valence-electron chi connectivity index (χ0n) is 11.2. The van der Waals surface area contributed by atoms with Crippen molar-refractivity contribution in [2.45, 2.75) is 19.9 Å². The number of benzene rings is 2. The molecular weight excluding hydrogens is 375 g/mol. The zero-order valence-corrected chi connectivity index (χ0v) is 15.2. The third-order valence-electron chi connectivity index (χ3n) is 2.65. The zero-order chi connectivity index (χ0) is 15.4. The average Bonchev–Trinajstić information content (AvgIpc) is 2.97. The summed E-state index contributed by atoms with van der Waals surface area (Å²) in [7, 11) is 0. The van der Waals surface area contributed by atoms with Crippen LogP contribution >= 0.6 is 58.3 Å². The molecule has 0 aliphatic heterocycles. The second-order valence-electron chi connectivity index (χ2n) is 4.28. The highest BCUT2D eigenvalue weighted by Crippen LogP contribution is 2.31. The van der Waals surface area contributed by atoms with Crippen molar-refractivity contribution in [1.82, 2.24) is 9.36 Å². The molecule has 7 heteroatoms. The molecule has 0 aliphatic carbocycles. The predicted octanol–water partition coefficient (Wildman–Crippen LogP) is 6.29. The molecule has 0 aliphatic rings. The van der Waals surface area contributed by atoms with E-state index in [1.807, 2.05) is 48.5 Å². The fourth-order valence-electron chi connectivity index (χ4n) is 1.62. The van der Waals surface area contributed by atoms with E-state index in [1.54, 1.807) is 23.5 Å². The molecule has 2 aromatic carbocycles. The molecule has 0 saturated carbocycles. The van der Waals surface area contributed by atoms with E-state index in [0.717, 1.165) is 35.8 Å². The van der Waals surface area contributed by atoms with E-state index in [1.165, 1.54) is 11.5 Å². The highest BCUT2D eigenvalue weighted by molar-refractivity contribution is 8.01. The molecule has 0 radical (unpaired) electrons. The van der Waals surface area contributed by atoms with Gasteiger partial charge in [-0.25, -0.2) is 4.98 Å². The van der Waals surface area contributed by atoms with Gasteiger partial charge in [0.2, 0.25) is 0 Å². The van der Waals surface area contributed by atoms with Crippen LogP contribution in [0.3, 0.4) is 0 Å². The summed E-state index contributed by atoms with van der Waals surface area (Å²) in [4.78, 5) is 6.82. The molecule has 3 rings (SSSR count). The van der Waals surface area contributed by atoms with E-state index in [9.17, 15) is 0 Å². The van der Waals surface area contributed by atoms with Crippen LogP contribution in [0, 0.1) is 0 Å². The summed E-state index contributed by atoms with van der Waals surface area (Å²) in [5.74, 6) is 1.60. The molecule has 0 saturated heterocycles. The maximum absolute atomic E-state index is 5.88. The number of nitrogens with zero attached hydrogens (tertiary/aromatic N) is 2. The van der Waals surface area contributed by atoms with E-state index < -0.39 is 0 Å². The van der Waals surface area contributed by atoms with Gasteiger partial charge in [0.25, 0.3) is 0 Å². The summed E-state index contributed by atoms with van der Waals surface area (Å²) in [5.41, 5.74) is 0. The van der Waals surface area contributed by atoms with Gasteiger partial charge in [-0.05, 0) is 60.1 Å². The molecule has 112 valence electrons. The van der Waals surface area contributed by atoms with E-state index in [4.69, 9.17) is 23.2 Å². The Bertz CT molecular complexity index is 742. The number of thioether (sulfide) groups is 1. The predicted molar refractivity (Wildman–Crippen MR) is 96.5 cm³/mol. The Labute approximate surface area is 151 Å². The SMILES string of the molecule is Clc1ccc(SCc2nsc(Sc3ccc(Cl)cc3)n2)cc1. The topological polar surface area (TPSA) is 25.8 Å². The van der Waals surface area contributed by atoms with Gasteiger partial charge in [0.15, 0.2) is 10.2 Å². The number of halogens is 2. The average molecular weight is 385 g/mol. The summed E-state index contributed by atoms with van der Waals surface area (Å²) in [6.07, 6.45) is 0. The third kappa shape index (κ3) is 4.64. The monoisotopic (exact) mass is 384 g/mol. The largest absolute Gasteiger partial charge is 0.212 e. The van der Waals surface area contributed by atoms with Crippen LogP contribution in [0.4, 0.5) is 0 Å². The Kier molecular flexibility index (Phi) is 5.66. The van der Waals surface area contributed by atoms with Crippen LogP contribution in [-0.4, -0.2) is 9.36 Å². The lowest BCUT2D eigenvalue weighted by atomic mass is 10.4. The molecule has 0 amide bonds. The summed E-state index contributed by atoms with van der Waals surface area (Å²) < 4.78 is 5.34. The van der Waals surface area contributed by atoms with Crippen LogP contribution in [0.1, 0.15) is 5.82 Å². The lowest BCUT2D eigenvalue weighted by molar-refractivity contribution is 1.08. The molecule has 0 atom stereocenters. The van der Waals surface area contributed by atoms with Gasteiger partial charge in [0.05, 0.1) is 5.75 Å². The summed E-state index contributed by atoms with van der Waals surface area (Å²) in [6.45, 7) is 0. The van der Waals surface area contributed by atoms with Crippen molar-refractivity contribution in [1.29, 1.82) is 0 Å². The molecule has 1 heterocycles. The lowest BCUT2D eigenvalue weighted by Crippen LogP contribution is -1.83. The smallest absolute Gasteiger partial charge is 0.174 e. The van der Waals surface area contributed by atoms with Crippen LogP contribution in [0.25, 0.3) is 0 Å². The standard InChI is InChI=1S/C15H10Cl2N2S3/c16-10-1-5-12(6-2-10)20-9-14-18-15(22-19-14)21-13-7-3-11(17)4-8-13/h1-8H,9H2. The molecule has 0 spiro atoms. The van der Waals surface area contributed by atoms with Gasteiger partial charge >= 0.3 is 0 Å². The first-order valence-electron chi connectivity index (χ1n) is 6.33. The maximum Gasteiger partial charge on any atom is 0.174 e. The van der Waals surface area contributed by atoms with Gasteiger partial charge in [-0.1, -0.05) is 35.0 Å². The van der Waals surface area contributed by atoms with Crippen molar-refractivity contribution in [2.75, 3.05) is 0 Å². The van der Waals surface area contributed by atoms with Crippen molar-refractivity contribution >= 4 is 58.3 Å². The molecular formula is C15H10Cl2N2S3. The minimum atomic E-state index is 0.738. The molecule has 0 fully saturated rings. The van der Waals surface area contributed by atoms with Gasteiger partial charge < -0.3 is 0 Å². The van der Waals surface area contributed by atoms with Gasteiger partial charge in [0, 0.05) is 19.8 Å². The second-order valence-corrected chi connectivity index (χ2v) is 8.27. The first-order valence-corrected chi connectivity index (χ1v) is 9.66. The van der Waals surface area contributed by atoms with Gasteiger partial charge in [-0.2, -0.15) is 4.37 Å². The Balaban J connectivity index is 1.59. The molecule has 0 unspecified atom stereocenters. The van der Waals surface area contributed by atoms with Crippen molar-refractivity contribution in [3.63, 3.8) is 0 Å². The Morgan fingerprint density at radius 1 is 0.864 bits per heavy atom. The Morgan fingerprint density at radius 3 is 2.09 bits per heavy atom. The number of rotatable bonds is 5. The molecule has 0 bridgehead atoms. The van der Waals surface area contributed by atoms with Crippen LogP contribution < -0.4 is 0 Å². The van der Waals surface area contributed by atoms with Crippen molar-refractivity contribution in [2.24, 2.45) is 0 Å². The molecule has 22 heavy (non-hydrogen) atoms. The fourth-order valence-corrected chi connectivity index (χ4v) is 4.32. The number of aromatic nitrogens is 2. The molecule has 1 aromatic heterocycles. The third-order valence-corrected chi connectivity index (χ3v) is 5.96. The fraction of sp³-hybridized carbons (Fsp3) is 0.0667. The van der Waals surface area contributed by atoms with Crippen molar-refractivity contribution in [3.05, 3.63) is 64.4 Å². The normalized spacial score (nSPS) is 10.8. The van der Waals surface area contributed by atoms with Gasteiger partial charge in [-0.15, -0.1) is 11.8 Å². The summed E-state index contributed by atoms with van der Waals surface area (Å²) in [5, 5.41) is 1.49. The van der Waals surface area contributed by atoms with Crippen LogP contribution in [-0.2, 0) is 5.75 Å². The van der Waals surface area contributed by atoms with Crippen LogP contribution in [0.5, 0.6) is 0 Å². The lowest BCUT2D eigenvalue weighted by Gasteiger charge is -1.98. The van der Waals surface area contributed by atoms with Crippen molar-refractivity contribution in [3.8, 4) is 0 Å². The highest BCUT2D eigenvalue weighted by atomic mass is 35.5. The number of hydrogen-bond donors (Lipinski definition) is 0. The Morgan fingerprint density at radius 2 is 1.45 bits per heavy atom. The van der Waals surface area contributed by atoms with Crippen LogP contribution in [0.2, 0.25) is 10.0 Å². The molecule has 2 nitrogen and oxygen atoms in total. The number of hydrogen-bond acceptors (Lipinski definition) is 5. The van der Waals surface area contributed by atoms with E-state index in [2.05, 4.69) is 9.36 Å². The van der Waals surface area contributed by atoms with Crippen molar-refractivity contribution < 1.29 is 0 Å². The summed E-state index contributed by atoms with van der Waals surface area (Å²) in [6, 6.07) is 15.5. The summed E-state index contributed by atoms with van der Waals surface area (Å²) >= 11 is 16.5. The first-order chi connectivity index (χ1) is 10.7. The molecule has 3 aromatic rings. The van der Waals surface area contributed by atoms with E-state index in [-0.39, 0.29) is 0 Å². The van der Waals surface area contributed by atoms with Gasteiger partial charge in [0.1, 0.15) is 0 Å². The van der Waals surface area contributed by atoms with E-state index in [0.29, 0.717) is 0 Å². The minimum absolute atomic E-state index is 0.738. The minimum Gasteiger partial charge on any atom is -0.212 e. The first kappa shape index (κ1) is 16.1. The quantitative estimate of drug-likeness (QED) is 0.482. The maximum atomic E-state index is 5.88. The highest BCUT2D eigenvalue weighted by Gasteiger charge is 2.07.